The summed E-state index contributed by atoms with van der Waals surface area (Å²) in [5.74, 6) is 0.536. The van der Waals surface area contributed by atoms with E-state index in [1.807, 2.05) is 57.2 Å². The second-order valence-corrected chi connectivity index (χ2v) is 8.61. The van der Waals surface area contributed by atoms with E-state index in [1.165, 1.54) is 6.08 Å². The number of nitriles is 1. The van der Waals surface area contributed by atoms with Gasteiger partial charge in [0.2, 0.25) is 0 Å². The minimum absolute atomic E-state index is 0.115. The Balaban J connectivity index is 1.75. The molecular formula is C27H24Cl2N2O3. The van der Waals surface area contributed by atoms with Gasteiger partial charge < -0.3 is 14.8 Å². The smallest absolute Gasteiger partial charge is 0.266 e. The van der Waals surface area contributed by atoms with Crippen LogP contribution in [0.5, 0.6) is 11.5 Å². The molecule has 0 saturated heterocycles. The molecule has 34 heavy (non-hydrogen) atoms. The number of carbonyl (C=O) groups is 1. The van der Waals surface area contributed by atoms with E-state index in [0.717, 1.165) is 22.4 Å². The van der Waals surface area contributed by atoms with Crippen LogP contribution in [0.15, 0.2) is 60.2 Å². The standard InChI is InChI=1S/C27H24Cl2N2O3/c1-17-4-7-23(8-5-17)31-27(32)21(16-30)13-20-14-22(28)15-24(29)26(20)34-11-10-33-25-9-6-18(2)12-19(25)3/h4-9,12-15H,10-11H2,1-3H3,(H,31,32)/b21-13+. The number of carbonyl (C=O) groups excluding carboxylic acids is 1. The van der Waals surface area contributed by atoms with E-state index in [9.17, 15) is 10.1 Å². The molecule has 0 heterocycles. The summed E-state index contributed by atoms with van der Waals surface area (Å²) >= 11 is 12.5. The van der Waals surface area contributed by atoms with Crippen molar-refractivity contribution in [3.8, 4) is 17.6 Å². The van der Waals surface area contributed by atoms with Crippen LogP contribution >= 0.6 is 23.2 Å². The van der Waals surface area contributed by atoms with Gasteiger partial charge in [0.1, 0.15) is 36.4 Å². The van der Waals surface area contributed by atoms with Crippen LogP contribution in [0.25, 0.3) is 6.08 Å². The van der Waals surface area contributed by atoms with Crippen LogP contribution in [0.1, 0.15) is 22.3 Å². The third-order valence-electron chi connectivity index (χ3n) is 4.93. The first-order valence-electron chi connectivity index (χ1n) is 10.6. The second-order valence-electron chi connectivity index (χ2n) is 7.76. The minimum Gasteiger partial charge on any atom is -0.490 e. The van der Waals surface area contributed by atoms with Crippen molar-refractivity contribution in [1.82, 2.24) is 0 Å². The molecule has 0 aliphatic rings. The van der Waals surface area contributed by atoms with Crippen molar-refractivity contribution in [3.05, 3.63) is 92.5 Å². The predicted molar refractivity (Wildman–Crippen MR) is 137 cm³/mol. The lowest BCUT2D eigenvalue weighted by Gasteiger charge is -2.14. The molecule has 0 saturated carbocycles. The van der Waals surface area contributed by atoms with Gasteiger partial charge in [-0.2, -0.15) is 5.26 Å². The number of benzene rings is 3. The summed E-state index contributed by atoms with van der Waals surface area (Å²) in [6.45, 7) is 6.43. The molecule has 0 atom stereocenters. The fourth-order valence-electron chi connectivity index (χ4n) is 3.24. The zero-order chi connectivity index (χ0) is 24.7. The maximum Gasteiger partial charge on any atom is 0.266 e. The Bertz CT molecular complexity index is 1260. The molecular weight excluding hydrogens is 471 g/mol. The maximum atomic E-state index is 12.7. The lowest BCUT2D eigenvalue weighted by atomic mass is 10.1. The van der Waals surface area contributed by atoms with E-state index < -0.39 is 5.91 Å². The van der Waals surface area contributed by atoms with Crippen LogP contribution in [-0.4, -0.2) is 19.1 Å². The molecule has 0 fully saturated rings. The zero-order valence-electron chi connectivity index (χ0n) is 19.1. The van der Waals surface area contributed by atoms with Crippen molar-refractivity contribution >= 4 is 40.9 Å². The van der Waals surface area contributed by atoms with E-state index in [1.54, 1.807) is 24.3 Å². The largest absolute Gasteiger partial charge is 0.490 e. The fraction of sp³-hybridized carbons (Fsp3) is 0.185. The Morgan fingerprint density at radius 2 is 1.65 bits per heavy atom. The summed E-state index contributed by atoms with van der Waals surface area (Å²) in [4.78, 5) is 12.7. The lowest BCUT2D eigenvalue weighted by Crippen LogP contribution is -2.14. The number of anilines is 1. The van der Waals surface area contributed by atoms with Gasteiger partial charge in [0.05, 0.1) is 5.02 Å². The van der Waals surface area contributed by atoms with Crippen molar-refractivity contribution in [2.24, 2.45) is 0 Å². The summed E-state index contributed by atoms with van der Waals surface area (Å²) in [7, 11) is 0. The number of aryl methyl sites for hydroxylation is 3. The van der Waals surface area contributed by atoms with Gasteiger partial charge >= 0.3 is 0 Å². The highest BCUT2D eigenvalue weighted by molar-refractivity contribution is 6.36. The zero-order valence-corrected chi connectivity index (χ0v) is 20.6. The van der Waals surface area contributed by atoms with Crippen LogP contribution in [-0.2, 0) is 4.79 Å². The molecule has 0 bridgehead atoms. The van der Waals surface area contributed by atoms with Crippen molar-refractivity contribution in [2.75, 3.05) is 18.5 Å². The first-order valence-corrected chi connectivity index (χ1v) is 11.3. The Kier molecular flexibility index (Phi) is 8.59. The topological polar surface area (TPSA) is 71.4 Å². The highest BCUT2D eigenvalue weighted by atomic mass is 35.5. The monoisotopic (exact) mass is 494 g/mol. The number of halogens is 2. The van der Waals surface area contributed by atoms with E-state index in [0.29, 0.717) is 22.0 Å². The Labute approximate surface area is 209 Å². The molecule has 7 heteroatoms. The van der Waals surface area contributed by atoms with Crippen LogP contribution < -0.4 is 14.8 Å². The molecule has 174 valence electrons. The van der Waals surface area contributed by atoms with Crippen molar-refractivity contribution in [1.29, 1.82) is 5.26 Å². The molecule has 0 aromatic heterocycles. The van der Waals surface area contributed by atoms with Gasteiger partial charge in [-0.15, -0.1) is 0 Å². The van der Waals surface area contributed by atoms with Crippen LogP contribution in [0, 0.1) is 32.1 Å². The molecule has 3 aromatic rings. The first kappa shape index (κ1) is 25.2. The summed E-state index contributed by atoms with van der Waals surface area (Å²) in [6.07, 6.45) is 1.40. The molecule has 0 spiro atoms. The number of amides is 1. The molecule has 0 aliphatic carbocycles. The summed E-state index contributed by atoms with van der Waals surface area (Å²) < 4.78 is 11.7. The predicted octanol–water partition coefficient (Wildman–Crippen LogP) is 6.92. The Morgan fingerprint density at radius 3 is 2.32 bits per heavy atom. The third kappa shape index (κ3) is 6.77. The molecule has 3 aromatic carbocycles. The molecule has 5 nitrogen and oxygen atoms in total. The van der Waals surface area contributed by atoms with Gasteiger partial charge in [0.15, 0.2) is 0 Å². The summed E-state index contributed by atoms with van der Waals surface area (Å²) in [5, 5.41) is 12.9. The van der Waals surface area contributed by atoms with Crippen molar-refractivity contribution in [3.63, 3.8) is 0 Å². The lowest BCUT2D eigenvalue weighted by molar-refractivity contribution is -0.112. The Morgan fingerprint density at radius 1 is 0.971 bits per heavy atom. The molecule has 3 rings (SSSR count). The number of rotatable bonds is 8. The molecule has 0 aliphatic heterocycles. The highest BCUT2D eigenvalue weighted by Gasteiger charge is 2.15. The van der Waals surface area contributed by atoms with Gasteiger partial charge in [-0.25, -0.2) is 0 Å². The van der Waals surface area contributed by atoms with Crippen LogP contribution in [0.3, 0.4) is 0 Å². The highest BCUT2D eigenvalue weighted by Crippen LogP contribution is 2.34. The van der Waals surface area contributed by atoms with E-state index in [2.05, 4.69) is 5.32 Å². The van der Waals surface area contributed by atoms with E-state index in [4.69, 9.17) is 32.7 Å². The SMILES string of the molecule is Cc1ccc(NC(=O)/C(C#N)=C/c2cc(Cl)cc(Cl)c2OCCOc2ccc(C)cc2C)cc1. The number of nitrogens with one attached hydrogen (secondary N) is 1. The van der Waals surface area contributed by atoms with E-state index in [-0.39, 0.29) is 23.8 Å². The fourth-order valence-corrected chi connectivity index (χ4v) is 3.80. The second kappa shape index (κ2) is 11.6. The molecule has 0 unspecified atom stereocenters. The van der Waals surface area contributed by atoms with Gasteiger partial charge in [-0.05, 0) is 62.7 Å². The Hall–Kier alpha value is -3.46. The maximum absolute atomic E-state index is 12.7. The summed E-state index contributed by atoms with van der Waals surface area (Å²) in [6, 6.07) is 18.3. The number of ether oxygens (including phenoxy) is 2. The molecule has 0 radical (unpaired) electrons. The van der Waals surface area contributed by atoms with Gasteiger partial charge in [0.25, 0.3) is 5.91 Å². The van der Waals surface area contributed by atoms with Gasteiger partial charge in [-0.3, -0.25) is 4.79 Å². The van der Waals surface area contributed by atoms with Crippen molar-refractivity contribution in [2.45, 2.75) is 20.8 Å². The van der Waals surface area contributed by atoms with Crippen LogP contribution in [0.4, 0.5) is 5.69 Å². The first-order chi connectivity index (χ1) is 16.3. The summed E-state index contributed by atoms with van der Waals surface area (Å²) in [5.41, 5.74) is 4.14. The van der Waals surface area contributed by atoms with Gasteiger partial charge in [-0.1, -0.05) is 58.6 Å². The normalized spacial score (nSPS) is 11.0. The quantitative estimate of drug-likeness (QED) is 0.209. The molecule has 1 N–H and O–H groups in total. The number of hydrogen-bond donors (Lipinski definition) is 1. The average Bonchev–Trinajstić information content (AvgIpc) is 2.78. The number of nitrogens with zero attached hydrogens (tertiary/aromatic N) is 1. The van der Waals surface area contributed by atoms with Crippen LogP contribution in [0.2, 0.25) is 10.0 Å². The van der Waals surface area contributed by atoms with Crippen molar-refractivity contribution < 1.29 is 14.3 Å². The average molecular weight is 495 g/mol. The third-order valence-corrected chi connectivity index (χ3v) is 5.43. The van der Waals surface area contributed by atoms with E-state index >= 15 is 0 Å². The van der Waals surface area contributed by atoms with Gasteiger partial charge in [0, 0.05) is 16.3 Å². The molecule has 1 amide bonds. The number of hydrogen-bond acceptors (Lipinski definition) is 4. The minimum atomic E-state index is -0.549.